The lowest BCUT2D eigenvalue weighted by atomic mass is 10.0. The topological polar surface area (TPSA) is 66.5 Å². The van der Waals surface area contributed by atoms with Gasteiger partial charge in [-0.2, -0.15) is 0 Å². The molecular formula is C19H22N2O3S. The maximum Gasteiger partial charge on any atom is 0.245 e. The average Bonchev–Trinajstić information content (AvgIpc) is 2.59. The van der Waals surface area contributed by atoms with Gasteiger partial charge < -0.3 is 10.2 Å². The first-order chi connectivity index (χ1) is 11.9. The molecule has 132 valence electrons. The number of carbonyl (C=O) groups excluding carboxylic acids is 1. The maximum absolute atomic E-state index is 12.7. The molecule has 6 heteroatoms. The van der Waals surface area contributed by atoms with Crippen molar-refractivity contribution in [1.82, 2.24) is 4.90 Å². The highest BCUT2D eigenvalue weighted by Crippen LogP contribution is 2.20. The molecule has 0 radical (unpaired) electrons. The third kappa shape index (κ3) is 4.39. The SMILES string of the molecule is CS(=O)(=O)c1ccc(NC2CCCN(Cc3ccccc3)C2=O)cc1. The summed E-state index contributed by atoms with van der Waals surface area (Å²) in [6.45, 7) is 1.38. The molecule has 5 nitrogen and oxygen atoms in total. The lowest BCUT2D eigenvalue weighted by Gasteiger charge is -2.33. The number of likely N-dealkylation sites (tertiary alicyclic amines) is 1. The van der Waals surface area contributed by atoms with E-state index in [-0.39, 0.29) is 16.8 Å². The Morgan fingerprint density at radius 3 is 2.40 bits per heavy atom. The Morgan fingerprint density at radius 2 is 1.76 bits per heavy atom. The molecule has 1 saturated heterocycles. The Kier molecular flexibility index (Phi) is 5.08. The molecule has 1 heterocycles. The van der Waals surface area contributed by atoms with Crippen molar-refractivity contribution in [2.24, 2.45) is 0 Å². The van der Waals surface area contributed by atoms with E-state index in [1.54, 1.807) is 24.3 Å². The first kappa shape index (κ1) is 17.5. The van der Waals surface area contributed by atoms with Crippen LogP contribution in [0.5, 0.6) is 0 Å². The van der Waals surface area contributed by atoms with Crippen molar-refractivity contribution in [3.63, 3.8) is 0 Å². The monoisotopic (exact) mass is 358 g/mol. The molecule has 1 fully saturated rings. The van der Waals surface area contributed by atoms with E-state index in [0.29, 0.717) is 6.54 Å². The molecule has 0 aliphatic carbocycles. The number of sulfone groups is 1. The lowest BCUT2D eigenvalue weighted by Crippen LogP contribution is -2.47. The fraction of sp³-hybridized carbons (Fsp3) is 0.316. The molecule has 1 amide bonds. The van der Waals surface area contributed by atoms with Crippen LogP contribution in [0.4, 0.5) is 5.69 Å². The Bertz CT molecular complexity index is 833. The van der Waals surface area contributed by atoms with Crippen LogP contribution in [0.15, 0.2) is 59.5 Å². The molecule has 1 atom stereocenters. The van der Waals surface area contributed by atoms with Gasteiger partial charge in [0.1, 0.15) is 6.04 Å². The Labute approximate surface area is 148 Å². The van der Waals surface area contributed by atoms with E-state index in [4.69, 9.17) is 0 Å². The van der Waals surface area contributed by atoms with Crippen LogP contribution >= 0.6 is 0 Å². The summed E-state index contributed by atoms with van der Waals surface area (Å²) in [6.07, 6.45) is 2.90. The zero-order valence-electron chi connectivity index (χ0n) is 14.2. The van der Waals surface area contributed by atoms with E-state index in [1.807, 2.05) is 35.2 Å². The van der Waals surface area contributed by atoms with Crippen molar-refractivity contribution in [2.45, 2.75) is 30.3 Å². The molecule has 0 aromatic heterocycles. The van der Waals surface area contributed by atoms with Crippen molar-refractivity contribution in [1.29, 1.82) is 0 Å². The summed E-state index contributed by atoms with van der Waals surface area (Å²) >= 11 is 0. The molecule has 0 spiro atoms. The second-order valence-corrected chi connectivity index (χ2v) is 8.40. The highest BCUT2D eigenvalue weighted by molar-refractivity contribution is 7.90. The number of hydrogen-bond donors (Lipinski definition) is 1. The molecule has 2 aromatic carbocycles. The minimum atomic E-state index is -3.21. The molecule has 2 aromatic rings. The smallest absolute Gasteiger partial charge is 0.245 e. The number of nitrogens with one attached hydrogen (secondary N) is 1. The number of hydrogen-bond acceptors (Lipinski definition) is 4. The average molecular weight is 358 g/mol. The summed E-state index contributed by atoms with van der Waals surface area (Å²) in [7, 11) is -3.21. The van der Waals surface area contributed by atoms with Crippen LogP contribution in [0.3, 0.4) is 0 Å². The minimum absolute atomic E-state index is 0.0855. The van der Waals surface area contributed by atoms with Gasteiger partial charge in [-0.1, -0.05) is 30.3 Å². The fourth-order valence-corrected chi connectivity index (χ4v) is 3.67. The van der Waals surface area contributed by atoms with Gasteiger partial charge in [-0.15, -0.1) is 0 Å². The predicted octanol–water partition coefficient (Wildman–Crippen LogP) is 2.69. The predicted molar refractivity (Wildman–Crippen MR) is 98.1 cm³/mol. The summed E-state index contributed by atoms with van der Waals surface area (Å²) in [5.41, 5.74) is 1.88. The van der Waals surface area contributed by atoms with E-state index >= 15 is 0 Å². The number of nitrogens with zero attached hydrogens (tertiary/aromatic N) is 1. The fourth-order valence-electron chi connectivity index (χ4n) is 3.03. The number of rotatable bonds is 5. The van der Waals surface area contributed by atoms with Crippen LogP contribution in [0.2, 0.25) is 0 Å². The van der Waals surface area contributed by atoms with Gasteiger partial charge in [-0.3, -0.25) is 4.79 Å². The second-order valence-electron chi connectivity index (χ2n) is 6.38. The molecule has 0 bridgehead atoms. The highest BCUT2D eigenvalue weighted by Gasteiger charge is 2.28. The van der Waals surface area contributed by atoms with Crippen LogP contribution in [0, 0.1) is 0 Å². The zero-order chi connectivity index (χ0) is 17.9. The van der Waals surface area contributed by atoms with Crippen molar-refractivity contribution in [3.05, 3.63) is 60.2 Å². The molecule has 25 heavy (non-hydrogen) atoms. The first-order valence-electron chi connectivity index (χ1n) is 8.33. The standard InChI is InChI=1S/C19H22N2O3S/c1-25(23,24)17-11-9-16(10-12-17)20-18-8-5-13-21(19(18)22)14-15-6-3-2-4-7-15/h2-4,6-7,9-12,18,20H,5,8,13-14H2,1H3. The van der Waals surface area contributed by atoms with E-state index < -0.39 is 9.84 Å². The first-order valence-corrected chi connectivity index (χ1v) is 10.2. The number of benzene rings is 2. The third-order valence-corrected chi connectivity index (χ3v) is 5.50. The molecule has 3 rings (SSSR count). The van der Waals surface area contributed by atoms with Crippen LogP contribution in [0.1, 0.15) is 18.4 Å². The molecule has 1 unspecified atom stereocenters. The number of anilines is 1. The lowest BCUT2D eigenvalue weighted by molar-refractivity contribution is -0.134. The Balaban J connectivity index is 1.67. The normalized spacial score (nSPS) is 18.2. The second kappa shape index (κ2) is 7.27. The van der Waals surface area contributed by atoms with E-state index in [0.717, 1.165) is 30.6 Å². The molecular weight excluding hydrogens is 336 g/mol. The van der Waals surface area contributed by atoms with Gasteiger partial charge in [0.25, 0.3) is 0 Å². The van der Waals surface area contributed by atoms with Crippen molar-refractivity contribution in [2.75, 3.05) is 18.1 Å². The van der Waals surface area contributed by atoms with E-state index in [1.165, 1.54) is 6.26 Å². The van der Waals surface area contributed by atoms with Crippen molar-refractivity contribution in [3.8, 4) is 0 Å². The summed E-state index contributed by atoms with van der Waals surface area (Å²) < 4.78 is 23.0. The van der Waals surface area contributed by atoms with Crippen LogP contribution in [-0.4, -0.2) is 38.1 Å². The van der Waals surface area contributed by atoms with Gasteiger partial charge in [-0.05, 0) is 42.7 Å². The number of amides is 1. The quantitative estimate of drug-likeness (QED) is 0.892. The summed E-state index contributed by atoms with van der Waals surface area (Å²) in [5.74, 6) is 0.0855. The summed E-state index contributed by atoms with van der Waals surface area (Å²) in [5, 5.41) is 3.24. The van der Waals surface area contributed by atoms with Crippen LogP contribution < -0.4 is 5.32 Å². The summed E-state index contributed by atoms with van der Waals surface area (Å²) in [6, 6.07) is 16.2. The zero-order valence-corrected chi connectivity index (χ0v) is 15.0. The Hall–Kier alpha value is -2.34. The van der Waals surface area contributed by atoms with E-state index in [2.05, 4.69) is 5.32 Å². The van der Waals surface area contributed by atoms with Gasteiger partial charge in [0.2, 0.25) is 5.91 Å². The van der Waals surface area contributed by atoms with Gasteiger partial charge in [-0.25, -0.2) is 8.42 Å². The maximum atomic E-state index is 12.7. The van der Waals surface area contributed by atoms with E-state index in [9.17, 15) is 13.2 Å². The number of piperidine rings is 1. The van der Waals surface area contributed by atoms with Crippen molar-refractivity contribution < 1.29 is 13.2 Å². The molecule has 1 aliphatic heterocycles. The molecule has 1 aliphatic rings. The van der Waals surface area contributed by atoms with Gasteiger partial charge in [0.15, 0.2) is 9.84 Å². The van der Waals surface area contributed by atoms with Gasteiger partial charge >= 0.3 is 0 Å². The molecule has 0 saturated carbocycles. The minimum Gasteiger partial charge on any atom is -0.374 e. The highest BCUT2D eigenvalue weighted by atomic mass is 32.2. The van der Waals surface area contributed by atoms with Gasteiger partial charge in [0, 0.05) is 25.0 Å². The van der Waals surface area contributed by atoms with Crippen LogP contribution in [-0.2, 0) is 21.2 Å². The summed E-state index contributed by atoms with van der Waals surface area (Å²) in [4.78, 5) is 14.9. The number of carbonyl (C=O) groups is 1. The molecule has 1 N–H and O–H groups in total. The van der Waals surface area contributed by atoms with Gasteiger partial charge in [0.05, 0.1) is 4.90 Å². The third-order valence-electron chi connectivity index (χ3n) is 4.37. The van der Waals surface area contributed by atoms with Crippen LogP contribution in [0.25, 0.3) is 0 Å². The van der Waals surface area contributed by atoms with Crippen molar-refractivity contribution >= 4 is 21.4 Å². The Morgan fingerprint density at radius 1 is 1.08 bits per heavy atom. The largest absolute Gasteiger partial charge is 0.374 e.